The fourth-order valence-electron chi connectivity index (χ4n) is 1.26. The number of ether oxygens (including phenoxy) is 1. The van der Waals surface area contributed by atoms with Crippen LogP contribution in [0.2, 0.25) is 0 Å². The number of alkyl halides is 1. The van der Waals surface area contributed by atoms with E-state index in [1.165, 1.54) is 5.56 Å². The Bertz CT molecular complexity index is 271. The van der Waals surface area contributed by atoms with Gasteiger partial charge in [0.25, 0.3) is 0 Å². The molecule has 0 spiro atoms. The molecule has 0 fully saturated rings. The van der Waals surface area contributed by atoms with Crippen molar-refractivity contribution in [3.63, 3.8) is 0 Å². The minimum atomic E-state index is 0.227. The Balaban J connectivity index is 2.42. The van der Waals surface area contributed by atoms with Gasteiger partial charge in [-0.25, -0.2) is 0 Å². The van der Waals surface area contributed by atoms with Gasteiger partial charge in [-0.15, -0.1) is 11.6 Å². The summed E-state index contributed by atoms with van der Waals surface area (Å²) in [7, 11) is 0. The highest BCUT2D eigenvalue weighted by Gasteiger charge is 1.97. The van der Waals surface area contributed by atoms with Crippen molar-refractivity contribution in [2.24, 2.45) is 0 Å². The minimum absolute atomic E-state index is 0.227. The average molecular weight is 228 g/mol. The van der Waals surface area contributed by atoms with Crippen molar-refractivity contribution in [2.75, 3.05) is 12.4 Å². The molecule has 1 aromatic rings. The normalized spacial score (nSPS) is 10.7. The van der Waals surface area contributed by atoms with Crippen molar-refractivity contribution >= 4 is 11.6 Å². The van der Waals surface area contributed by atoms with Crippen molar-refractivity contribution in [1.29, 1.82) is 0 Å². The third kappa shape index (κ3) is 5.05. The molecule has 2 nitrogen and oxygen atoms in total. The summed E-state index contributed by atoms with van der Waals surface area (Å²) < 4.78 is 5.55. The fourth-order valence-corrected chi connectivity index (χ4v) is 1.39. The summed E-state index contributed by atoms with van der Waals surface area (Å²) in [6, 6.07) is 8.13. The molecule has 0 saturated heterocycles. The number of hydrogen-bond donors (Lipinski definition) is 1. The Morgan fingerprint density at radius 1 is 1.27 bits per heavy atom. The molecule has 1 aromatic carbocycles. The predicted octanol–water partition coefficient (Wildman–Crippen LogP) is 2.80. The molecule has 3 heteroatoms. The summed E-state index contributed by atoms with van der Waals surface area (Å²) in [5.74, 6) is 1.57. The fraction of sp³-hybridized carbons (Fsp3) is 0.500. The molecule has 0 saturated carbocycles. The van der Waals surface area contributed by atoms with Crippen molar-refractivity contribution in [1.82, 2.24) is 5.32 Å². The standard InChI is InChI=1S/C12H18ClNO/c1-10(2)15-12-5-3-11(4-6-12)9-14-8-7-13/h3-6,10,14H,7-9H2,1-2H3. The van der Waals surface area contributed by atoms with E-state index in [0.717, 1.165) is 18.8 Å². The van der Waals surface area contributed by atoms with E-state index >= 15 is 0 Å². The first-order valence-corrected chi connectivity index (χ1v) is 5.78. The van der Waals surface area contributed by atoms with Gasteiger partial charge in [0.15, 0.2) is 0 Å². The number of nitrogens with one attached hydrogen (secondary N) is 1. The molecule has 0 aliphatic carbocycles. The van der Waals surface area contributed by atoms with Gasteiger partial charge in [0.05, 0.1) is 6.10 Å². The molecule has 0 unspecified atom stereocenters. The van der Waals surface area contributed by atoms with Gasteiger partial charge in [0, 0.05) is 19.0 Å². The first-order chi connectivity index (χ1) is 7.22. The highest BCUT2D eigenvalue weighted by molar-refractivity contribution is 6.18. The lowest BCUT2D eigenvalue weighted by atomic mass is 10.2. The largest absolute Gasteiger partial charge is 0.491 e. The molecule has 1 rings (SSSR count). The van der Waals surface area contributed by atoms with E-state index in [0.29, 0.717) is 5.88 Å². The van der Waals surface area contributed by atoms with Crippen LogP contribution in [0.25, 0.3) is 0 Å². The lowest BCUT2D eigenvalue weighted by Gasteiger charge is -2.10. The smallest absolute Gasteiger partial charge is 0.119 e. The van der Waals surface area contributed by atoms with Crippen LogP contribution in [-0.2, 0) is 6.54 Å². The first kappa shape index (κ1) is 12.3. The van der Waals surface area contributed by atoms with E-state index in [1.54, 1.807) is 0 Å². The molecule has 15 heavy (non-hydrogen) atoms. The Kier molecular flexibility index (Phi) is 5.51. The monoisotopic (exact) mass is 227 g/mol. The van der Waals surface area contributed by atoms with E-state index in [2.05, 4.69) is 17.4 Å². The van der Waals surface area contributed by atoms with Crippen molar-refractivity contribution in [3.05, 3.63) is 29.8 Å². The van der Waals surface area contributed by atoms with Crippen LogP contribution >= 0.6 is 11.6 Å². The zero-order valence-corrected chi connectivity index (χ0v) is 10.1. The van der Waals surface area contributed by atoms with Crippen LogP contribution < -0.4 is 10.1 Å². The Hall–Kier alpha value is -0.730. The average Bonchev–Trinajstić information content (AvgIpc) is 2.20. The van der Waals surface area contributed by atoms with Crippen LogP contribution in [0.4, 0.5) is 0 Å². The summed E-state index contributed by atoms with van der Waals surface area (Å²) in [6.45, 7) is 5.74. The second kappa shape index (κ2) is 6.70. The SMILES string of the molecule is CC(C)Oc1ccc(CNCCCl)cc1. The predicted molar refractivity (Wildman–Crippen MR) is 64.6 cm³/mol. The molecular weight excluding hydrogens is 210 g/mol. The summed E-state index contributed by atoms with van der Waals surface area (Å²) in [5.41, 5.74) is 1.25. The van der Waals surface area contributed by atoms with Gasteiger partial charge in [0.2, 0.25) is 0 Å². The van der Waals surface area contributed by atoms with Crippen LogP contribution in [0.5, 0.6) is 5.75 Å². The molecule has 0 aliphatic rings. The summed E-state index contributed by atoms with van der Waals surface area (Å²) in [6.07, 6.45) is 0.227. The zero-order chi connectivity index (χ0) is 11.1. The van der Waals surface area contributed by atoms with Crippen LogP contribution in [0, 0.1) is 0 Å². The second-order valence-electron chi connectivity index (χ2n) is 3.68. The van der Waals surface area contributed by atoms with Crippen LogP contribution in [0.15, 0.2) is 24.3 Å². The highest BCUT2D eigenvalue weighted by atomic mass is 35.5. The molecular formula is C12H18ClNO. The highest BCUT2D eigenvalue weighted by Crippen LogP contribution is 2.13. The summed E-state index contributed by atoms with van der Waals surface area (Å²) >= 11 is 5.57. The maximum Gasteiger partial charge on any atom is 0.119 e. The topological polar surface area (TPSA) is 21.3 Å². The molecule has 0 amide bonds. The van der Waals surface area contributed by atoms with Crippen molar-refractivity contribution in [3.8, 4) is 5.75 Å². The van der Waals surface area contributed by atoms with Crippen molar-refractivity contribution in [2.45, 2.75) is 26.5 Å². The molecule has 0 aliphatic heterocycles. The Labute approximate surface area is 96.6 Å². The lowest BCUT2D eigenvalue weighted by Crippen LogP contribution is -2.15. The molecule has 1 N–H and O–H groups in total. The van der Waals surface area contributed by atoms with Crippen LogP contribution in [0.3, 0.4) is 0 Å². The first-order valence-electron chi connectivity index (χ1n) is 5.24. The van der Waals surface area contributed by atoms with Crippen molar-refractivity contribution < 1.29 is 4.74 Å². The Morgan fingerprint density at radius 2 is 1.93 bits per heavy atom. The molecule has 0 atom stereocenters. The minimum Gasteiger partial charge on any atom is -0.491 e. The van der Waals surface area contributed by atoms with Gasteiger partial charge in [-0.3, -0.25) is 0 Å². The maximum atomic E-state index is 5.57. The van der Waals surface area contributed by atoms with Gasteiger partial charge in [-0.2, -0.15) is 0 Å². The van der Waals surface area contributed by atoms with Gasteiger partial charge < -0.3 is 10.1 Å². The van der Waals surface area contributed by atoms with E-state index < -0.39 is 0 Å². The Morgan fingerprint density at radius 3 is 2.47 bits per heavy atom. The number of halogens is 1. The van der Waals surface area contributed by atoms with Gasteiger partial charge in [-0.1, -0.05) is 12.1 Å². The second-order valence-corrected chi connectivity index (χ2v) is 4.05. The van der Waals surface area contributed by atoms with E-state index in [-0.39, 0.29) is 6.10 Å². The van der Waals surface area contributed by atoms with Gasteiger partial charge in [-0.05, 0) is 31.5 Å². The quantitative estimate of drug-likeness (QED) is 0.596. The van der Waals surface area contributed by atoms with E-state index in [4.69, 9.17) is 16.3 Å². The van der Waals surface area contributed by atoms with E-state index in [1.807, 2.05) is 26.0 Å². The maximum absolute atomic E-state index is 5.57. The van der Waals surface area contributed by atoms with Crippen LogP contribution in [0.1, 0.15) is 19.4 Å². The molecule has 0 radical (unpaired) electrons. The third-order valence-electron chi connectivity index (χ3n) is 1.90. The molecule has 84 valence electrons. The summed E-state index contributed by atoms with van der Waals surface area (Å²) in [4.78, 5) is 0. The van der Waals surface area contributed by atoms with Gasteiger partial charge >= 0.3 is 0 Å². The molecule has 0 heterocycles. The summed E-state index contributed by atoms with van der Waals surface area (Å²) in [5, 5.41) is 3.24. The number of benzene rings is 1. The molecule has 0 aromatic heterocycles. The number of hydrogen-bond acceptors (Lipinski definition) is 2. The lowest BCUT2D eigenvalue weighted by molar-refractivity contribution is 0.242. The number of rotatable bonds is 6. The third-order valence-corrected chi connectivity index (χ3v) is 2.08. The molecule has 0 bridgehead atoms. The van der Waals surface area contributed by atoms with Gasteiger partial charge in [0.1, 0.15) is 5.75 Å². The van der Waals surface area contributed by atoms with Crippen LogP contribution in [-0.4, -0.2) is 18.5 Å². The zero-order valence-electron chi connectivity index (χ0n) is 9.29. The van der Waals surface area contributed by atoms with E-state index in [9.17, 15) is 0 Å².